The van der Waals surface area contributed by atoms with Gasteiger partial charge in [0, 0.05) is 19.4 Å². The van der Waals surface area contributed by atoms with Gasteiger partial charge < -0.3 is 20.1 Å². The molecule has 9 nitrogen and oxygen atoms in total. The van der Waals surface area contributed by atoms with Crippen LogP contribution in [0, 0.1) is 0 Å². The molecule has 0 aliphatic heterocycles. The van der Waals surface area contributed by atoms with Gasteiger partial charge in [0.25, 0.3) is 0 Å². The second-order valence-corrected chi connectivity index (χ2v) is 13.2. The summed E-state index contributed by atoms with van der Waals surface area (Å²) in [5.74, 6) is -0.838. The predicted molar refractivity (Wildman–Crippen MR) is 178 cm³/mol. The molecule has 3 N–H and O–H groups in total. The van der Waals surface area contributed by atoms with Gasteiger partial charge >= 0.3 is 19.8 Å². The van der Waals surface area contributed by atoms with E-state index in [0.29, 0.717) is 6.42 Å². The number of hydrogen-bond acceptors (Lipinski definition) is 8. The van der Waals surface area contributed by atoms with Crippen LogP contribution in [0.5, 0.6) is 0 Å². The molecule has 2 atom stereocenters. The van der Waals surface area contributed by atoms with Gasteiger partial charge in [0.1, 0.15) is 6.61 Å². The van der Waals surface area contributed by atoms with Crippen molar-refractivity contribution in [1.82, 2.24) is 0 Å². The third kappa shape index (κ3) is 30.8. The van der Waals surface area contributed by atoms with Gasteiger partial charge in [-0.05, 0) is 38.5 Å². The lowest BCUT2D eigenvalue weighted by Gasteiger charge is -2.19. The average molecular weight is 648 g/mol. The molecule has 0 aliphatic rings. The number of carbonyl (C=O) groups excluding carboxylic acids is 2. The van der Waals surface area contributed by atoms with E-state index in [1.54, 1.807) is 0 Å². The molecule has 0 fully saturated rings. The number of hydrogen-bond donors (Lipinski definition) is 2. The molecule has 260 valence electrons. The minimum Gasteiger partial charge on any atom is -0.462 e. The third-order valence-electron chi connectivity index (χ3n) is 7.40. The van der Waals surface area contributed by atoms with Gasteiger partial charge in [0.05, 0.1) is 13.2 Å². The summed E-state index contributed by atoms with van der Waals surface area (Å²) < 4.78 is 32.5. The second-order valence-electron chi connectivity index (χ2n) is 11.7. The number of ether oxygens (including phenoxy) is 2. The number of carbonyl (C=O) groups is 2. The van der Waals surface area contributed by atoms with Crippen molar-refractivity contribution in [3.63, 3.8) is 0 Å². The molecule has 0 aliphatic carbocycles. The first-order chi connectivity index (χ1) is 21.3. The molecule has 0 amide bonds. The lowest BCUT2D eigenvalue weighted by atomic mass is 10.1. The monoisotopic (exact) mass is 647 g/mol. The Bertz CT molecular complexity index is 749. The maximum absolute atomic E-state index is 12.5. The summed E-state index contributed by atoms with van der Waals surface area (Å²) >= 11 is 0. The van der Waals surface area contributed by atoms with Crippen LogP contribution in [0.15, 0.2) is 12.2 Å². The molecule has 0 rings (SSSR count). The first kappa shape index (κ1) is 42.8. The molecule has 0 saturated heterocycles. The summed E-state index contributed by atoms with van der Waals surface area (Å²) in [7, 11) is -4.36. The molecule has 0 saturated carbocycles. The molecule has 0 spiro atoms. The Morgan fingerprint density at radius 3 is 1.66 bits per heavy atom. The molecule has 0 bridgehead atoms. The zero-order valence-corrected chi connectivity index (χ0v) is 29.0. The van der Waals surface area contributed by atoms with E-state index in [-0.39, 0.29) is 38.6 Å². The standard InChI is InChI=1S/C34H66NO8P/c1-3-5-7-9-11-13-15-17-19-21-23-25-27-34(37)43-32(31-42-44(38,39)41-29-28-35)30-40-33(36)26-24-22-20-18-16-14-12-10-8-6-4-2/h11,13,32H,3-10,12,14-31,35H2,1-2H3,(H,38,39)/b13-11-. The van der Waals surface area contributed by atoms with E-state index >= 15 is 0 Å². The topological polar surface area (TPSA) is 134 Å². The minimum atomic E-state index is -4.36. The summed E-state index contributed by atoms with van der Waals surface area (Å²) in [5, 5.41) is 0. The number of unbranched alkanes of at least 4 members (excludes halogenated alkanes) is 18. The zero-order chi connectivity index (χ0) is 32.6. The van der Waals surface area contributed by atoms with Crippen LogP contribution < -0.4 is 5.73 Å². The van der Waals surface area contributed by atoms with Crippen LogP contribution >= 0.6 is 7.82 Å². The first-order valence-corrected chi connectivity index (χ1v) is 19.2. The van der Waals surface area contributed by atoms with Gasteiger partial charge in [0.15, 0.2) is 6.10 Å². The Labute approximate surface area is 269 Å². The van der Waals surface area contributed by atoms with Gasteiger partial charge in [0.2, 0.25) is 0 Å². The minimum absolute atomic E-state index is 0.0543. The van der Waals surface area contributed by atoms with Crippen LogP contribution in [0.3, 0.4) is 0 Å². The summed E-state index contributed by atoms with van der Waals surface area (Å²) in [6.45, 7) is 3.67. The van der Waals surface area contributed by atoms with Crippen molar-refractivity contribution in [1.29, 1.82) is 0 Å². The average Bonchev–Trinajstić information content (AvgIpc) is 3.00. The SMILES string of the molecule is CCCCC/C=C\CCCCCCCC(=O)OC(COC(=O)CCCCCCCCCCCCC)COP(=O)(O)OCCN. The third-order valence-corrected chi connectivity index (χ3v) is 8.39. The molecule has 10 heteroatoms. The molecular formula is C34H66NO8P. The molecule has 0 aromatic heterocycles. The predicted octanol–water partition coefficient (Wildman–Crippen LogP) is 9.10. The first-order valence-electron chi connectivity index (χ1n) is 17.7. The van der Waals surface area contributed by atoms with E-state index in [4.69, 9.17) is 24.3 Å². The second kappa shape index (κ2) is 31.7. The highest BCUT2D eigenvalue weighted by Crippen LogP contribution is 2.43. The highest BCUT2D eigenvalue weighted by atomic mass is 31.2. The summed E-state index contributed by atoms with van der Waals surface area (Å²) in [5.41, 5.74) is 5.31. The van der Waals surface area contributed by atoms with E-state index in [1.807, 2.05) is 0 Å². The number of nitrogens with two attached hydrogens (primary N) is 1. The van der Waals surface area contributed by atoms with Crippen molar-refractivity contribution in [2.24, 2.45) is 5.73 Å². The number of rotatable bonds is 33. The van der Waals surface area contributed by atoms with Crippen molar-refractivity contribution in [3.05, 3.63) is 12.2 Å². The lowest BCUT2D eigenvalue weighted by Crippen LogP contribution is -2.29. The maximum atomic E-state index is 12.5. The molecule has 44 heavy (non-hydrogen) atoms. The van der Waals surface area contributed by atoms with Crippen molar-refractivity contribution in [2.45, 2.75) is 168 Å². The summed E-state index contributed by atoms with van der Waals surface area (Å²) in [6.07, 6.45) is 28.1. The van der Waals surface area contributed by atoms with Crippen LogP contribution in [-0.2, 0) is 32.7 Å². The van der Waals surface area contributed by atoms with E-state index in [0.717, 1.165) is 57.8 Å². The Morgan fingerprint density at radius 1 is 0.659 bits per heavy atom. The molecule has 2 unspecified atom stereocenters. The van der Waals surface area contributed by atoms with Crippen molar-refractivity contribution in [2.75, 3.05) is 26.4 Å². The van der Waals surface area contributed by atoms with E-state index in [9.17, 15) is 19.0 Å². The van der Waals surface area contributed by atoms with E-state index < -0.39 is 26.5 Å². The number of phosphoric acid groups is 1. The maximum Gasteiger partial charge on any atom is 0.472 e. The van der Waals surface area contributed by atoms with Gasteiger partial charge in [-0.2, -0.15) is 0 Å². The molecule has 0 aromatic rings. The summed E-state index contributed by atoms with van der Waals surface area (Å²) in [6, 6.07) is 0. The Balaban J connectivity index is 4.27. The number of phosphoric ester groups is 1. The van der Waals surface area contributed by atoms with Crippen molar-refractivity contribution >= 4 is 19.8 Å². The fourth-order valence-corrected chi connectivity index (χ4v) is 5.51. The van der Waals surface area contributed by atoms with E-state index in [2.05, 4.69) is 26.0 Å². The molecule has 0 aromatic carbocycles. The largest absolute Gasteiger partial charge is 0.472 e. The van der Waals surface area contributed by atoms with Crippen LogP contribution in [0.25, 0.3) is 0 Å². The highest BCUT2D eigenvalue weighted by Gasteiger charge is 2.25. The Morgan fingerprint density at radius 2 is 1.11 bits per heavy atom. The quantitative estimate of drug-likeness (QED) is 0.0309. The fourth-order valence-electron chi connectivity index (χ4n) is 4.74. The van der Waals surface area contributed by atoms with Gasteiger partial charge in [-0.1, -0.05) is 122 Å². The highest BCUT2D eigenvalue weighted by molar-refractivity contribution is 7.47. The lowest BCUT2D eigenvalue weighted by molar-refractivity contribution is -0.161. The summed E-state index contributed by atoms with van der Waals surface area (Å²) in [4.78, 5) is 34.5. The Hall–Kier alpha value is -1.25. The zero-order valence-electron chi connectivity index (χ0n) is 28.2. The number of esters is 2. The van der Waals surface area contributed by atoms with Crippen LogP contribution in [0.4, 0.5) is 0 Å². The molecular weight excluding hydrogens is 581 g/mol. The fraction of sp³-hybridized carbons (Fsp3) is 0.882. The Kier molecular flexibility index (Phi) is 30.8. The van der Waals surface area contributed by atoms with Crippen molar-refractivity contribution < 1.29 is 37.6 Å². The van der Waals surface area contributed by atoms with Crippen molar-refractivity contribution in [3.8, 4) is 0 Å². The normalized spacial score (nSPS) is 13.6. The van der Waals surface area contributed by atoms with Crippen LogP contribution in [0.1, 0.15) is 162 Å². The van der Waals surface area contributed by atoms with Crippen LogP contribution in [0.2, 0.25) is 0 Å². The number of allylic oxidation sites excluding steroid dienone is 2. The molecule has 0 heterocycles. The van der Waals surface area contributed by atoms with Gasteiger partial charge in [-0.25, -0.2) is 4.57 Å². The smallest absolute Gasteiger partial charge is 0.462 e. The van der Waals surface area contributed by atoms with E-state index in [1.165, 1.54) is 70.6 Å². The van der Waals surface area contributed by atoms with Gasteiger partial charge in [-0.15, -0.1) is 0 Å². The van der Waals surface area contributed by atoms with Gasteiger partial charge in [-0.3, -0.25) is 18.6 Å². The molecule has 0 radical (unpaired) electrons. The van der Waals surface area contributed by atoms with Crippen LogP contribution in [-0.4, -0.2) is 49.3 Å².